The van der Waals surface area contributed by atoms with Gasteiger partial charge < -0.3 is 4.90 Å². The van der Waals surface area contributed by atoms with Gasteiger partial charge in [0.15, 0.2) is 11.5 Å². The smallest absolute Gasteiger partial charge is 0.315 e. The summed E-state index contributed by atoms with van der Waals surface area (Å²) < 4.78 is 41.9. The second-order valence-corrected chi connectivity index (χ2v) is 9.36. The van der Waals surface area contributed by atoms with Gasteiger partial charge in [0, 0.05) is 41.9 Å². The highest BCUT2D eigenvalue weighted by Crippen LogP contribution is 2.36. The maximum Gasteiger partial charge on any atom is 0.435 e. The van der Waals surface area contributed by atoms with E-state index in [1.807, 2.05) is 24.3 Å². The van der Waals surface area contributed by atoms with Gasteiger partial charge in [-0.15, -0.1) is 6.42 Å². The Morgan fingerprint density at radius 3 is 2.54 bits per heavy atom. The van der Waals surface area contributed by atoms with Crippen molar-refractivity contribution in [3.8, 4) is 12.3 Å². The third-order valence-corrected chi connectivity index (χ3v) is 6.72. The fourth-order valence-corrected chi connectivity index (χ4v) is 4.91. The number of rotatable bonds is 8. The lowest BCUT2D eigenvalue weighted by atomic mass is 9.91. The fraction of sp³-hybridized carbons (Fsp3) is 0.345. The van der Waals surface area contributed by atoms with Crippen molar-refractivity contribution >= 4 is 17.4 Å². The molecular formula is C29H28F3N3O2. The molecule has 0 N–H and O–H groups in total. The van der Waals surface area contributed by atoms with Crippen molar-refractivity contribution in [1.82, 2.24) is 9.78 Å². The first kappa shape index (κ1) is 26.2. The molecule has 0 radical (unpaired) electrons. The van der Waals surface area contributed by atoms with Gasteiger partial charge in [0.05, 0.1) is 6.54 Å². The molecular weight excluding hydrogens is 479 g/mol. The number of fused-ring (bicyclic) bond motifs is 1. The number of para-hydroxylation sites is 1. The normalized spacial score (nSPS) is 13.9. The van der Waals surface area contributed by atoms with Crippen molar-refractivity contribution in [2.75, 3.05) is 11.9 Å². The van der Waals surface area contributed by atoms with Crippen LogP contribution < -0.4 is 4.90 Å². The van der Waals surface area contributed by atoms with Gasteiger partial charge in [-0.05, 0) is 61.9 Å². The number of amides is 1. The Morgan fingerprint density at radius 1 is 1.11 bits per heavy atom. The molecule has 1 aromatic heterocycles. The van der Waals surface area contributed by atoms with E-state index in [2.05, 4.69) is 11.0 Å². The Morgan fingerprint density at radius 2 is 1.84 bits per heavy atom. The summed E-state index contributed by atoms with van der Waals surface area (Å²) in [6.45, 7) is -0.304. The van der Waals surface area contributed by atoms with E-state index in [4.69, 9.17) is 6.42 Å². The molecule has 8 heteroatoms. The van der Waals surface area contributed by atoms with E-state index >= 15 is 0 Å². The molecule has 0 saturated heterocycles. The number of ketones is 1. The predicted molar refractivity (Wildman–Crippen MR) is 135 cm³/mol. The summed E-state index contributed by atoms with van der Waals surface area (Å²) in [5.41, 5.74) is 1.90. The zero-order chi connectivity index (χ0) is 26.6. The quantitative estimate of drug-likeness (QED) is 0.392. The number of alkyl halides is 3. The van der Waals surface area contributed by atoms with Gasteiger partial charge in [-0.3, -0.25) is 14.3 Å². The molecule has 0 saturated carbocycles. The van der Waals surface area contributed by atoms with Crippen LogP contribution in [0.4, 0.5) is 18.9 Å². The van der Waals surface area contributed by atoms with E-state index in [1.165, 1.54) is 9.58 Å². The molecule has 1 aliphatic carbocycles. The van der Waals surface area contributed by atoms with E-state index in [9.17, 15) is 22.8 Å². The lowest BCUT2D eigenvalue weighted by Crippen LogP contribution is -2.35. The largest absolute Gasteiger partial charge is 0.435 e. The van der Waals surface area contributed by atoms with Gasteiger partial charge in [0.2, 0.25) is 5.91 Å². The second kappa shape index (κ2) is 11.0. The van der Waals surface area contributed by atoms with Crippen molar-refractivity contribution in [1.29, 1.82) is 0 Å². The van der Waals surface area contributed by atoms with Gasteiger partial charge in [0.1, 0.15) is 0 Å². The molecule has 5 nitrogen and oxygen atoms in total. The Balaban J connectivity index is 1.58. The van der Waals surface area contributed by atoms with E-state index in [1.54, 1.807) is 37.4 Å². The molecule has 4 rings (SSSR count). The third-order valence-electron chi connectivity index (χ3n) is 6.72. The molecule has 2 aromatic carbocycles. The highest BCUT2D eigenvalue weighted by molar-refractivity contribution is 5.97. The van der Waals surface area contributed by atoms with Gasteiger partial charge in [-0.1, -0.05) is 36.3 Å². The summed E-state index contributed by atoms with van der Waals surface area (Å²) in [5, 5.41) is 3.80. The van der Waals surface area contributed by atoms with Crippen LogP contribution in [0.3, 0.4) is 0 Å². The number of Topliss-reactive ketones (excluding diaryl/α,β-unsaturated/α-hetero) is 1. The first-order valence-electron chi connectivity index (χ1n) is 12.2. The predicted octanol–water partition coefficient (Wildman–Crippen LogP) is 5.24. The van der Waals surface area contributed by atoms with Crippen molar-refractivity contribution in [3.63, 3.8) is 0 Å². The summed E-state index contributed by atoms with van der Waals surface area (Å²) in [4.78, 5) is 28.2. The summed E-state index contributed by atoms with van der Waals surface area (Å²) >= 11 is 0. The Hall–Kier alpha value is -3.86. The molecule has 0 spiro atoms. The lowest BCUT2D eigenvalue weighted by molar-refractivity contribution is -0.142. The number of carbonyl (C=O) groups excluding carboxylic acids is 2. The van der Waals surface area contributed by atoms with Gasteiger partial charge in [-0.25, -0.2) is 0 Å². The van der Waals surface area contributed by atoms with Crippen molar-refractivity contribution in [3.05, 3.63) is 82.7 Å². The molecule has 37 heavy (non-hydrogen) atoms. The van der Waals surface area contributed by atoms with Crippen LogP contribution in [0.15, 0.2) is 54.6 Å². The molecule has 192 valence electrons. The maximum atomic E-state index is 13.6. The highest BCUT2D eigenvalue weighted by atomic mass is 19.4. The Bertz CT molecular complexity index is 1320. The molecule has 0 fully saturated rings. The van der Waals surface area contributed by atoms with E-state index in [-0.39, 0.29) is 36.6 Å². The van der Waals surface area contributed by atoms with Crippen LogP contribution in [-0.2, 0) is 41.6 Å². The first-order chi connectivity index (χ1) is 17.7. The summed E-state index contributed by atoms with van der Waals surface area (Å²) in [6.07, 6.45) is 3.23. The molecule has 1 atom stereocenters. The fourth-order valence-electron chi connectivity index (χ4n) is 4.91. The maximum absolute atomic E-state index is 13.6. The van der Waals surface area contributed by atoms with Crippen LogP contribution in [0.1, 0.15) is 47.3 Å². The first-order valence-corrected chi connectivity index (χ1v) is 12.2. The van der Waals surface area contributed by atoms with Crippen LogP contribution in [0.2, 0.25) is 0 Å². The van der Waals surface area contributed by atoms with Gasteiger partial charge >= 0.3 is 6.18 Å². The summed E-state index contributed by atoms with van der Waals surface area (Å²) in [6, 6.07) is 16.3. The van der Waals surface area contributed by atoms with Gasteiger partial charge in [0.25, 0.3) is 0 Å². The van der Waals surface area contributed by atoms with Crippen molar-refractivity contribution < 1.29 is 22.8 Å². The number of anilines is 1. The number of aromatic nitrogens is 2. The Labute approximate surface area is 214 Å². The number of benzene rings is 2. The number of carbonyl (C=O) groups is 2. The van der Waals surface area contributed by atoms with Crippen molar-refractivity contribution in [2.45, 2.75) is 51.2 Å². The standard InChI is InChI=1S/C29H28F3N3O2/c1-3-20-10-9-11-21(16-20)17-22(28(37)34(2)23-12-5-4-6-13-23)18-24(36)19-35-26-15-8-7-14-25(26)27(33-35)29(30,31)32/h1,4-6,9-13,16,22H,7-8,14-15,17-19H2,2H3/t22-/m1/s1. The second-order valence-electron chi connectivity index (χ2n) is 9.36. The molecule has 1 aliphatic rings. The minimum Gasteiger partial charge on any atom is -0.315 e. The van der Waals surface area contributed by atoms with E-state index < -0.39 is 17.8 Å². The van der Waals surface area contributed by atoms with Crippen LogP contribution in [0, 0.1) is 18.3 Å². The average molecular weight is 508 g/mol. The monoisotopic (exact) mass is 507 g/mol. The summed E-state index contributed by atoms with van der Waals surface area (Å²) in [5.74, 6) is 1.24. The molecule has 3 aromatic rings. The molecule has 0 unspecified atom stereocenters. The van der Waals surface area contributed by atoms with Crippen LogP contribution >= 0.6 is 0 Å². The van der Waals surface area contributed by atoms with Crippen LogP contribution in [-0.4, -0.2) is 28.5 Å². The van der Waals surface area contributed by atoms with Crippen LogP contribution in [0.5, 0.6) is 0 Å². The molecule has 1 heterocycles. The zero-order valence-electron chi connectivity index (χ0n) is 20.6. The SMILES string of the molecule is C#Cc1cccc(C[C@H](CC(=O)Cn2nc(C(F)(F)F)c3c2CCCC3)C(=O)N(C)c2ccccc2)c1. The molecule has 0 bridgehead atoms. The minimum absolute atomic E-state index is 0.133. The third kappa shape index (κ3) is 6.11. The number of hydrogen-bond donors (Lipinski definition) is 0. The molecule has 1 amide bonds. The van der Waals surface area contributed by atoms with Gasteiger partial charge in [-0.2, -0.15) is 18.3 Å². The number of terminal acetylenes is 1. The highest BCUT2D eigenvalue weighted by Gasteiger charge is 2.39. The topological polar surface area (TPSA) is 55.2 Å². The average Bonchev–Trinajstić information content (AvgIpc) is 3.27. The number of nitrogens with zero attached hydrogens (tertiary/aromatic N) is 3. The molecule has 0 aliphatic heterocycles. The number of halogens is 3. The Kier molecular flexibility index (Phi) is 7.82. The number of hydrogen-bond acceptors (Lipinski definition) is 3. The van der Waals surface area contributed by atoms with E-state index in [0.717, 1.165) is 12.0 Å². The zero-order valence-corrected chi connectivity index (χ0v) is 20.6. The summed E-state index contributed by atoms with van der Waals surface area (Å²) in [7, 11) is 1.65. The minimum atomic E-state index is -4.57. The van der Waals surface area contributed by atoms with Crippen molar-refractivity contribution in [2.24, 2.45) is 5.92 Å². The van der Waals surface area contributed by atoms with Crippen LogP contribution in [0.25, 0.3) is 0 Å². The lowest BCUT2D eigenvalue weighted by Gasteiger charge is -2.24. The van der Waals surface area contributed by atoms with E-state index in [0.29, 0.717) is 36.2 Å².